The van der Waals surface area contributed by atoms with E-state index in [1.54, 1.807) is 12.4 Å². The van der Waals surface area contributed by atoms with Gasteiger partial charge < -0.3 is 14.7 Å². The number of rotatable bonds is 6. The summed E-state index contributed by atoms with van der Waals surface area (Å²) < 4.78 is 6.29. The number of carbonyl (C=O) groups excluding carboxylic acids is 2. The molecule has 2 atom stereocenters. The number of hydrogen-bond donors (Lipinski definition) is 2. The van der Waals surface area contributed by atoms with Crippen molar-refractivity contribution in [1.82, 2.24) is 19.9 Å². The Hall–Kier alpha value is -4.18. The van der Waals surface area contributed by atoms with Crippen LogP contribution in [0.3, 0.4) is 0 Å². The zero-order valence-electron chi connectivity index (χ0n) is 19.9. The SMILES string of the molecule is O=CPc1ncc(-c2ccc3cc4c(cc3c2)OCc2c-4ccc3cc(-c4cnc(PC=O)[nH]4)ccc23)[nH]1. The summed E-state index contributed by atoms with van der Waals surface area (Å²) in [6.07, 6.45) is 3.55. The fraction of sp³-hybridized carbons (Fsp3) is 0.0345. The van der Waals surface area contributed by atoms with Gasteiger partial charge in [-0.25, -0.2) is 9.97 Å². The summed E-state index contributed by atoms with van der Waals surface area (Å²) in [6.45, 7) is 0.495. The van der Waals surface area contributed by atoms with Crippen molar-refractivity contribution in [3.63, 3.8) is 0 Å². The number of ether oxygens (including phenoxy) is 1. The minimum absolute atomic E-state index is 0.0230. The van der Waals surface area contributed by atoms with Crippen molar-refractivity contribution in [2.75, 3.05) is 0 Å². The zero-order valence-corrected chi connectivity index (χ0v) is 21.9. The number of carbonyl (C=O) groups is 2. The minimum Gasteiger partial charge on any atom is -0.488 e. The molecule has 0 spiro atoms. The van der Waals surface area contributed by atoms with Gasteiger partial charge in [-0.2, -0.15) is 0 Å². The summed E-state index contributed by atoms with van der Waals surface area (Å²) in [5, 5.41) is 4.49. The van der Waals surface area contributed by atoms with Crippen LogP contribution >= 0.6 is 17.2 Å². The van der Waals surface area contributed by atoms with Crippen molar-refractivity contribution in [3.05, 3.63) is 78.6 Å². The molecule has 0 saturated heterocycles. The lowest BCUT2D eigenvalue weighted by atomic mass is 9.90. The molecule has 4 aromatic carbocycles. The molecule has 184 valence electrons. The second kappa shape index (κ2) is 9.29. The van der Waals surface area contributed by atoms with Gasteiger partial charge in [-0.15, -0.1) is 0 Å². The molecule has 0 fully saturated rings. The molecule has 9 heteroatoms. The van der Waals surface area contributed by atoms with Gasteiger partial charge in [-0.05, 0) is 51.4 Å². The summed E-state index contributed by atoms with van der Waals surface area (Å²) >= 11 is 0. The van der Waals surface area contributed by atoms with Crippen LogP contribution in [-0.2, 0) is 16.2 Å². The maximum Gasteiger partial charge on any atom is 0.146 e. The molecule has 7 nitrogen and oxygen atoms in total. The van der Waals surface area contributed by atoms with E-state index >= 15 is 0 Å². The number of aromatic amines is 2. The minimum atomic E-state index is 0.0230. The van der Waals surface area contributed by atoms with Crippen molar-refractivity contribution in [1.29, 1.82) is 0 Å². The van der Waals surface area contributed by atoms with Gasteiger partial charge in [0.2, 0.25) is 0 Å². The first-order chi connectivity index (χ1) is 18.7. The number of H-pyrrole nitrogens is 2. The monoisotopic (exact) mass is 534 g/mol. The first-order valence-corrected chi connectivity index (χ1v) is 14.1. The van der Waals surface area contributed by atoms with E-state index in [1.165, 1.54) is 11.1 Å². The van der Waals surface area contributed by atoms with E-state index in [0.29, 0.717) is 17.7 Å². The maximum absolute atomic E-state index is 10.8. The fourth-order valence-corrected chi connectivity index (χ4v) is 6.00. The Morgan fingerprint density at radius 1 is 0.711 bits per heavy atom. The van der Waals surface area contributed by atoms with Crippen LogP contribution in [0.4, 0.5) is 0 Å². The Bertz CT molecular complexity index is 1840. The van der Waals surface area contributed by atoms with E-state index in [9.17, 15) is 9.59 Å². The lowest BCUT2D eigenvalue weighted by molar-refractivity contribution is 0.304. The molecule has 2 N–H and O–H groups in total. The highest BCUT2D eigenvalue weighted by molar-refractivity contribution is 7.62. The lowest BCUT2D eigenvalue weighted by Gasteiger charge is -2.23. The molecule has 2 aromatic heterocycles. The molecule has 2 unspecified atom stereocenters. The van der Waals surface area contributed by atoms with E-state index in [4.69, 9.17) is 4.74 Å². The van der Waals surface area contributed by atoms with Crippen molar-refractivity contribution < 1.29 is 14.3 Å². The molecular weight excluding hydrogens is 514 g/mol. The molecule has 0 aliphatic carbocycles. The van der Waals surface area contributed by atoms with Gasteiger partial charge in [0, 0.05) is 39.4 Å². The van der Waals surface area contributed by atoms with Gasteiger partial charge in [0.1, 0.15) is 35.5 Å². The maximum atomic E-state index is 10.8. The lowest BCUT2D eigenvalue weighted by Crippen LogP contribution is -2.06. The van der Waals surface area contributed by atoms with Gasteiger partial charge in [0.15, 0.2) is 0 Å². The average molecular weight is 534 g/mol. The Morgan fingerprint density at radius 3 is 2.08 bits per heavy atom. The third kappa shape index (κ3) is 3.92. The van der Waals surface area contributed by atoms with Crippen molar-refractivity contribution in [3.8, 4) is 39.4 Å². The predicted molar refractivity (Wildman–Crippen MR) is 156 cm³/mol. The van der Waals surface area contributed by atoms with Crippen LogP contribution in [0.25, 0.3) is 55.2 Å². The van der Waals surface area contributed by atoms with Gasteiger partial charge >= 0.3 is 0 Å². The average Bonchev–Trinajstić information content (AvgIpc) is 3.61. The van der Waals surface area contributed by atoms with Crippen LogP contribution in [0.15, 0.2) is 73.1 Å². The highest BCUT2D eigenvalue weighted by Crippen LogP contribution is 2.43. The normalized spacial score (nSPS) is 12.8. The van der Waals surface area contributed by atoms with Crippen LogP contribution in [0.5, 0.6) is 5.75 Å². The highest BCUT2D eigenvalue weighted by Gasteiger charge is 2.21. The standard InChI is InChI=1S/C29H20N4O3P2/c34-14-37-28-30-11-25(32-28)18-2-1-16-9-23-22-6-3-17-7-19(26-12-31-29(33-26)38-15-35)4-5-21(17)24(22)13-36-27(23)10-20(16)8-18/h1-12,14-15,37-38H,13H2,(H,30,32)(H,31,33). The van der Waals surface area contributed by atoms with E-state index in [-0.39, 0.29) is 17.2 Å². The van der Waals surface area contributed by atoms with Crippen molar-refractivity contribution >= 4 is 61.9 Å². The zero-order chi connectivity index (χ0) is 25.6. The Labute approximate surface area is 220 Å². The number of nitrogens with one attached hydrogen (secondary N) is 2. The molecule has 6 aromatic rings. The first-order valence-electron chi connectivity index (χ1n) is 12.0. The van der Waals surface area contributed by atoms with E-state index in [0.717, 1.165) is 67.4 Å². The molecule has 0 saturated carbocycles. The number of benzene rings is 4. The second-order valence-electron chi connectivity index (χ2n) is 9.04. The van der Waals surface area contributed by atoms with Crippen LogP contribution in [0.2, 0.25) is 0 Å². The molecule has 3 heterocycles. The van der Waals surface area contributed by atoms with Gasteiger partial charge in [0.25, 0.3) is 0 Å². The molecule has 0 bridgehead atoms. The largest absolute Gasteiger partial charge is 0.488 e. The molecule has 1 aliphatic rings. The summed E-state index contributed by atoms with van der Waals surface area (Å²) in [5.74, 6) is 0.867. The number of aromatic nitrogens is 4. The van der Waals surface area contributed by atoms with E-state index in [2.05, 4.69) is 80.6 Å². The second-order valence-corrected chi connectivity index (χ2v) is 11.0. The summed E-state index contributed by atoms with van der Waals surface area (Å²) in [5.41, 5.74) is 8.65. The smallest absolute Gasteiger partial charge is 0.146 e. The van der Waals surface area contributed by atoms with Crippen LogP contribution in [-0.4, -0.2) is 32.0 Å². The number of nitrogens with zero attached hydrogens (tertiary/aromatic N) is 2. The van der Waals surface area contributed by atoms with E-state index in [1.807, 2.05) is 0 Å². The molecule has 0 amide bonds. The Morgan fingerprint density at radius 2 is 1.37 bits per heavy atom. The van der Waals surface area contributed by atoms with Crippen LogP contribution < -0.4 is 15.9 Å². The Balaban J connectivity index is 1.26. The molecular formula is C29H20N4O3P2. The quantitative estimate of drug-likeness (QED) is 0.223. The number of fused-ring (bicyclic) bond motifs is 6. The van der Waals surface area contributed by atoms with Gasteiger partial charge in [0.05, 0.1) is 23.8 Å². The summed E-state index contributed by atoms with van der Waals surface area (Å²) in [7, 11) is 0.0496. The van der Waals surface area contributed by atoms with Crippen molar-refractivity contribution in [2.45, 2.75) is 6.61 Å². The van der Waals surface area contributed by atoms with Gasteiger partial charge in [-0.1, -0.05) is 36.4 Å². The fourth-order valence-electron chi connectivity index (χ4n) is 5.09. The van der Waals surface area contributed by atoms with Crippen molar-refractivity contribution in [2.24, 2.45) is 0 Å². The number of imidazole rings is 2. The highest BCUT2D eigenvalue weighted by atomic mass is 31.1. The third-order valence-electron chi connectivity index (χ3n) is 6.90. The van der Waals surface area contributed by atoms with Crippen LogP contribution in [0, 0.1) is 0 Å². The van der Waals surface area contributed by atoms with E-state index < -0.39 is 0 Å². The summed E-state index contributed by atoms with van der Waals surface area (Å²) in [4.78, 5) is 36.7. The molecule has 0 radical (unpaired) electrons. The molecule has 38 heavy (non-hydrogen) atoms. The summed E-state index contributed by atoms with van der Waals surface area (Å²) in [6, 6.07) is 23.0. The Kier molecular flexibility index (Phi) is 5.61. The third-order valence-corrected chi connectivity index (χ3v) is 8.19. The topological polar surface area (TPSA) is 101 Å². The van der Waals surface area contributed by atoms with Crippen LogP contribution in [0.1, 0.15) is 5.56 Å². The first kappa shape index (κ1) is 23.0. The predicted octanol–water partition coefficient (Wildman–Crippen LogP) is 5.32. The molecule has 1 aliphatic heterocycles. The molecule has 7 rings (SSSR count). The van der Waals surface area contributed by atoms with Gasteiger partial charge in [-0.3, -0.25) is 9.59 Å². The number of hydrogen-bond acceptors (Lipinski definition) is 5.